The van der Waals surface area contributed by atoms with E-state index in [1.807, 2.05) is 4.90 Å². The first kappa shape index (κ1) is 22.1. The van der Waals surface area contributed by atoms with Gasteiger partial charge >= 0.3 is 0 Å². The molecule has 0 aromatic heterocycles. The van der Waals surface area contributed by atoms with Gasteiger partial charge in [-0.3, -0.25) is 14.4 Å². The molecule has 4 rings (SSSR count). The highest BCUT2D eigenvalue weighted by Gasteiger charge is 2.33. The van der Waals surface area contributed by atoms with Crippen molar-refractivity contribution in [3.05, 3.63) is 34.9 Å². The fraction of sp³-hybridized carbons (Fsp3) is 0.609. The standard InChI is InChI=1S/C23H30ClN3O4/c24-19-8-6-18(7-9-19)23(30)27-14-20(31-16-17-4-5-17)13-26(22(29)15-27)12-2-11-25-10-1-3-21(25)28/h6-9,17,20H,1-5,10-16H2. The van der Waals surface area contributed by atoms with E-state index in [0.29, 0.717) is 55.7 Å². The van der Waals surface area contributed by atoms with Gasteiger partial charge < -0.3 is 19.4 Å². The summed E-state index contributed by atoms with van der Waals surface area (Å²) in [4.78, 5) is 43.1. The summed E-state index contributed by atoms with van der Waals surface area (Å²) in [7, 11) is 0. The first-order chi connectivity index (χ1) is 15.0. The largest absolute Gasteiger partial charge is 0.374 e. The maximum absolute atomic E-state index is 13.0. The molecule has 0 radical (unpaired) electrons. The summed E-state index contributed by atoms with van der Waals surface area (Å²) in [5, 5.41) is 0.566. The molecule has 31 heavy (non-hydrogen) atoms. The fourth-order valence-electron chi connectivity index (χ4n) is 4.18. The lowest BCUT2D eigenvalue weighted by Gasteiger charge is -2.25. The average molecular weight is 448 g/mol. The summed E-state index contributed by atoms with van der Waals surface area (Å²) >= 11 is 5.94. The van der Waals surface area contributed by atoms with Crippen LogP contribution in [0.4, 0.5) is 0 Å². The maximum atomic E-state index is 13.0. The van der Waals surface area contributed by atoms with Gasteiger partial charge in [0.25, 0.3) is 5.91 Å². The average Bonchev–Trinajstić information content (AvgIpc) is 3.52. The van der Waals surface area contributed by atoms with E-state index in [1.54, 1.807) is 34.1 Å². The Bertz CT molecular complexity index is 812. The molecule has 3 amide bonds. The Morgan fingerprint density at radius 1 is 1.03 bits per heavy atom. The topological polar surface area (TPSA) is 70.2 Å². The van der Waals surface area contributed by atoms with Crippen LogP contribution >= 0.6 is 11.6 Å². The third-order valence-electron chi connectivity index (χ3n) is 6.20. The first-order valence-electron chi connectivity index (χ1n) is 11.2. The van der Waals surface area contributed by atoms with Crippen molar-refractivity contribution >= 4 is 29.3 Å². The smallest absolute Gasteiger partial charge is 0.254 e. The molecule has 3 aliphatic rings. The lowest BCUT2D eigenvalue weighted by Crippen LogP contribution is -2.40. The van der Waals surface area contributed by atoms with Crippen LogP contribution in [0.1, 0.15) is 42.5 Å². The minimum Gasteiger partial charge on any atom is -0.374 e. The van der Waals surface area contributed by atoms with Crippen molar-refractivity contribution in [2.75, 3.05) is 45.9 Å². The van der Waals surface area contributed by atoms with Crippen LogP contribution in [0.15, 0.2) is 24.3 Å². The summed E-state index contributed by atoms with van der Waals surface area (Å²) in [5.41, 5.74) is 0.513. The van der Waals surface area contributed by atoms with Gasteiger partial charge in [0.15, 0.2) is 0 Å². The lowest BCUT2D eigenvalue weighted by molar-refractivity contribution is -0.131. The molecule has 8 heteroatoms. The number of hydrogen-bond acceptors (Lipinski definition) is 4. The number of rotatable bonds is 8. The first-order valence-corrected chi connectivity index (χ1v) is 11.6. The fourth-order valence-corrected chi connectivity index (χ4v) is 4.31. The zero-order valence-corrected chi connectivity index (χ0v) is 18.6. The van der Waals surface area contributed by atoms with Crippen LogP contribution in [0, 0.1) is 5.92 Å². The van der Waals surface area contributed by atoms with Gasteiger partial charge in [0, 0.05) is 56.3 Å². The molecule has 2 heterocycles. The second kappa shape index (κ2) is 10.0. The van der Waals surface area contributed by atoms with Gasteiger partial charge in [0.1, 0.15) is 6.54 Å². The summed E-state index contributed by atoms with van der Waals surface area (Å²) in [5.74, 6) is 0.545. The molecule has 2 saturated heterocycles. The Kier molecular flexibility index (Phi) is 7.13. The molecule has 1 unspecified atom stereocenters. The number of benzene rings is 1. The van der Waals surface area contributed by atoms with Crippen molar-refractivity contribution in [2.24, 2.45) is 5.92 Å². The van der Waals surface area contributed by atoms with Crippen LogP contribution in [-0.2, 0) is 14.3 Å². The molecule has 1 aromatic carbocycles. The quantitative estimate of drug-likeness (QED) is 0.613. The van der Waals surface area contributed by atoms with E-state index >= 15 is 0 Å². The predicted octanol–water partition coefficient (Wildman–Crippen LogP) is 2.43. The molecule has 1 aromatic rings. The van der Waals surface area contributed by atoms with E-state index < -0.39 is 0 Å². The molecule has 0 bridgehead atoms. The minimum absolute atomic E-state index is 0.0351. The third kappa shape index (κ3) is 5.98. The van der Waals surface area contributed by atoms with Crippen molar-refractivity contribution in [3.63, 3.8) is 0 Å². The molecule has 7 nitrogen and oxygen atoms in total. The van der Waals surface area contributed by atoms with Crippen LogP contribution in [0.2, 0.25) is 5.02 Å². The van der Waals surface area contributed by atoms with E-state index in [-0.39, 0.29) is 30.4 Å². The number of nitrogens with zero attached hydrogens (tertiary/aromatic N) is 3. The Morgan fingerprint density at radius 2 is 1.77 bits per heavy atom. The SMILES string of the molecule is O=C1CCCN1CCCN1CC(OCC2CC2)CN(C(=O)c2ccc(Cl)cc2)CC1=O. The normalized spacial score (nSPS) is 22.2. The van der Waals surface area contributed by atoms with Gasteiger partial charge in [-0.15, -0.1) is 0 Å². The molecular weight excluding hydrogens is 418 g/mol. The van der Waals surface area contributed by atoms with Gasteiger partial charge in [0.05, 0.1) is 6.10 Å². The van der Waals surface area contributed by atoms with E-state index in [4.69, 9.17) is 16.3 Å². The summed E-state index contributed by atoms with van der Waals surface area (Å²) in [6, 6.07) is 6.73. The summed E-state index contributed by atoms with van der Waals surface area (Å²) in [6.07, 6.45) is 4.44. The molecule has 0 spiro atoms. The number of halogens is 1. The van der Waals surface area contributed by atoms with Crippen LogP contribution < -0.4 is 0 Å². The highest BCUT2D eigenvalue weighted by molar-refractivity contribution is 6.30. The Balaban J connectivity index is 1.40. The molecule has 2 aliphatic heterocycles. The number of carbonyl (C=O) groups is 3. The minimum atomic E-state index is -0.211. The van der Waals surface area contributed by atoms with E-state index in [2.05, 4.69) is 0 Å². The molecule has 1 saturated carbocycles. The molecule has 168 valence electrons. The van der Waals surface area contributed by atoms with E-state index in [9.17, 15) is 14.4 Å². The lowest BCUT2D eigenvalue weighted by atomic mass is 10.2. The van der Waals surface area contributed by atoms with Crippen molar-refractivity contribution in [2.45, 2.75) is 38.2 Å². The van der Waals surface area contributed by atoms with Gasteiger partial charge in [-0.1, -0.05) is 11.6 Å². The van der Waals surface area contributed by atoms with Crippen LogP contribution in [0.25, 0.3) is 0 Å². The summed E-state index contributed by atoms with van der Waals surface area (Å²) < 4.78 is 6.12. The second-order valence-corrected chi connectivity index (χ2v) is 9.21. The van der Waals surface area contributed by atoms with Gasteiger partial charge in [-0.25, -0.2) is 0 Å². The number of likely N-dealkylation sites (tertiary alicyclic amines) is 1. The Labute approximate surface area is 188 Å². The Hall–Kier alpha value is -2.12. The Morgan fingerprint density at radius 3 is 2.45 bits per heavy atom. The highest BCUT2D eigenvalue weighted by Crippen LogP contribution is 2.29. The monoisotopic (exact) mass is 447 g/mol. The number of carbonyl (C=O) groups excluding carboxylic acids is 3. The van der Waals surface area contributed by atoms with Gasteiger partial charge in [-0.2, -0.15) is 0 Å². The zero-order valence-electron chi connectivity index (χ0n) is 17.8. The van der Waals surface area contributed by atoms with Crippen molar-refractivity contribution in [3.8, 4) is 0 Å². The van der Waals surface area contributed by atoms with Crippen molar-refractivity contribution < 1.29 is 19.1 Å². The second-order valence-electron chi connectivity index (χ2n) is 8.77. The molecule has 1 atom stereocenters. The summed E-state index contributed by atoms with van der Waals surface area (Å²) in [6.45, 7) is 3.62. The van der Waals surface area contributed by atoms with Crippen molar-refractivity contribution in [1.29, 1.82) is 0 Å². The molecular formula is C23H30ClN3O4. The van der Waals surface area contributed by atoms with Crippen LogP contribution in [0.3, 0.4) is 0 Å². The zero-order chi connectivity index (χ0) is 21.8. The highest BCUT2D eigenvalue weighted by atomic mass is 35.5. The molecule has 3 fully saturated rings. The molecule has 0 N–H and O–H groups in total. The van der Waals surface area contributed by atoms with E-state index in [0.717, 1.165) is 19.4 Å². The van der Waals surface area contributed by atoms with Gasteiger partial charge in [0.2, 0.25) is 11.8 Å². The third-order valence-corrected chi connectivity index (χ3v) is 6.45. The van der Waals surface area contributed by atoms with Crippen LogP contribution in [-0.4, -0.2) is 84.4 Å². The van der Waals surface area contributed by atoms with Crippen molar-refractivity contribution in [1.82, 2.24) is 14.7 Å². The van der Waals surface area contributed by atoms with E-state index in [1.165, 1.54) is 12.8 Å². The predicted molar refractivity (Wildman–Crippen MR) is 117 cm³/mol. The number of hydrogen-bond donors (Lipinski definition) is 0. The number of amides is 3. The van der Waals surface area contributed by atoms with Gasteiger partial charge in [-0.05, 0) is 55.9 Å². The van der Waals surface area contributed by atoms with Crippen LogP contribution in [0.5, 0.6) is 0 Å². The maximum Gasteiger partial charge on any atom is 0.254 e. The molecule has 1 aliphatic carbocycles. The number of ether oxygens (including phenoxy) is 1.